The van der Waals surface area contributed by atoms with Gasteiger partial charge in [-0.05, 0) is 132 Å². The van der Waals surface area contributed by atoms with Crippen molar-refractivity contribution in [3.63, 3.8) is 0 Å². The normalized spacial score (nSPS) is 36.2. The van der Waals surface area contributed by atoms with Crippen LogP contribution in [0.5, 0.6) is 0 Å². The first-order valence-corrected chi connectivity index (χ1v) is 32.8. The third kappa shape index (κ3) is 34.0. The summed E-state index contributed by atoms with van der Waals surface area (Å²) in [5.74, 6) is 0. The second kappa shape index (κ2) is 43.0. The minimum atomic E-state index is -1.05. The summed E-state index contributed by atoms with van der Waals surface area (Å²) in [5.41, 5.74) is 0. The molecule has 426 valence electrons. The predicted molar refractivity (Wildman–Crippen MR) is 282 cm³/mol. The minimum Gasteiger partial charge on any atom is -0.313 e. The zero-order valence-electron chi connectivity index (χ0n) is 46.1. The van der Waals surface area contributed by atoms with E-state index in [1.54, 1.807) is 0 Å². The van der Waals surface area contributed by atoms with E-state index in [9.17, 15) is 0 Å². The van der Waals surface area contributed by atoms with Crippen LogP contribution in [0.1, 0.15) is 151 Å². The molecule has 71 heavy (non-hydrogen) atoms. The van der Waals surface area contributed by atoms with Gasteiger partial charge in [0.15, 0.2) is 0 Å². The molecule has 7 rings (SSSR count). The molecule has 21 nitrogen and oxygen atoms in total. The summed E-state index contributed by atoms with van der Waals surface area (Å²) in [4.78, 5) is 0. The Hall–Kier alpha value is 2.17. The largest absolute Gasteiger partial charge is 0.333 e. The Morgan fingerprint density at radius 2 is 0.408 bits per heavy atom. The Balaban J connectivity index is 0.000000415. The number of hydrogen-bond acceptors (Lipinski definition) is 21. The molecule has 0 aromatic rings. The van der Waals surface area contributed by atoms with E-state index in [-0.39, 0.29) is 73.2 Å². The van der Waals surface area contributed by atoms with Gasteiger partial charge in [-0.25, -0.2) is 0 Å². The van der Waals surface area contributed by atoms with Crippen molar-refractivity contribution in [1.29, 1.82) is 0 Å². The van der Waals surface area contributed by atoms with Gasteiger partial charge in [0.2, 0.25) is 0 Å². The van der Waals surface area contributed by atoms with E-state index in [1.165, 1.54) is 0 Å². The summed E-state index contributed by atoms with van der Waals surface area (Å²) in [7, 11) is -7.17. The first-order valence-electron chi connectivity index (χ1n) is 25.1. The fourth-order valence-corrected chi connectivity index (χ4v) is 13.6. The SMILES string of the molecule is CCOP1OC(C)C(C)O1.CCOP1OC(C)CC(C)O1.CCOP1OCCO1.CCOP1O[C@@H](C)C[C@H](C)O1.CCOP1O[C@@H](C)[C@H](C)O1.CCOP1O[C@H](C)C[C@@H](C)O1.CCOP1O[C@H](C)[C@@H](C)O1. The van der Waals surface area contributed by atoms with E-state index < -0.39 is 60.2 Å². The van der Waals surface area contributed by atoms with Gasteiger partial charge in [-0.1, -0.05) is 0 Å². The summed E-state index contributed by atoms with van der Waals surface area (Å²) < 4.78 is 111. The van der Waals surface area contributed by atoms with Crippen molar-refractivity contribution in [1.82, 2.24) is 0 Å². The summed E-state index contributed by atoms with van der Waals surface area (Å²) in [5, 5.41) is 0. The van der Waals surface area contributed by atoms with E-state index in [1.807, 2.05) is 132 Å². The Kier molecular flexibility index (Phi) is 43.1. The summed E-state index contributed by atoms with van der Waals surface area (Å²) >= 11 is 0. The Bertz CT molecular complexity index is 1070. The molecule has 0 aliphatic carbocycles. The van der Waals surface area contributed by atoms with E-state index in [4.69, 9.17) is 95.0 Å². The lowest BCUT2D eigenvalue weighted by atomic mass is 10.2. The number of hydrogen-bond donors (Lipinski definition) is 0. The molecule has 7 heterocycles. The summed E-state index contributed by atoms with van der Waals surface area (Å²) in [6.07, 6.45) is 5.61. The Morgan fingerprint density at radius 3 is 0.577 bits per heavy atom. The predicted octanol–water partition coefficient (Wildman–Crippen LogP) is 14.9. The van der Waals surface area contributed by atoms with Crippen molar-refractivity contribution in [2.75, 3.05) is 59.5 Å². The summed E-state index contributed by atoms with van der Waals surface area (Å²) in [6, 6.07) is 0. The molecule has 0 aromatic heterocycles. The van der Waals surface area contributed by atoms with Crippen molar-refractivity contribution in [3.05, 3.63) is 0 Å². The van der Waals surface area contributed by atoms with E-state index in [0.717, 1.165) is 19.3 Å². The molecular formula is C43H93O21P7. The van der Waals surface area contributed by atoms with Crippen LogP contribution in [0.2, 0.25) is 0 Å². The molecule has 12 atom stereocenters. The van der Waals surface area contributed by atoms with Crippen LogP contribution in [-0.2, 0) is 95.0 Å². The molecule has 7 saturated heterocycles. The van der Waals surface area contributed by atoms with Gasteiger partial charge in [0.1, 0.15) is 0 Å². The molecule has 0 bridgehead atoms. The molecule has 4 unspecified atom stereocenters. The molecule has 0 saturated carbocycles. The zero-order valence-corrected chi connectivity index (χ0v) is 52.4. The number of rotatable bonds is 14. The smallest absolute Gasteiger partial charge is 0.313 e. The second-order valence-corrected chi connectivity index (χ2v) is 24.2. The molecular weight excluding hydrogens is 1070 g/mol. The van der Waals surface area contributed by atoms with Crippen LogP contribution < -0.4 is 0 Å². The maximum absolute atomic E-state index is 5.42. The van der Waals surface area contributed by atoms with Crippen LogP contribution in [-0.4, -0.2) is 133 Å². The van der Waals surface area contributed by atoms with Crippen LogP contribution in [0, 0.1) is 0 Å². The minimum absolute atomic E-state index is 0.178. The molecule has 7 aliphatic rings. The van der Waals surface area contributed by atoms with Gasteiger partial charge in [-0.3, -0.25) is 0 Å². The fraction of sp³-hybridized carbons (Fsp3) is 1.00. The average molecular weight is 1160 g/mol. The lowest BCUT2D eigenvalue weighted by Gasteiger charge is -2.29. The maximum Gasteiger partial charge on any atom is 0.333 e. The van der Waals surface area contributed by atoms with Gasteiger partial charge in [-0.15, -0.1) is 0 Å². The maximum atomic E-state index is 5.42. The van der Waals surface area contributed by atoms with Crippen molar-refractivity contribution in [3.8, 4) is 0 Å². The van der Waals surface area contributed by atoms with Gasteiger partial charge in [0.05, 0.1) is 133 Å². The van der Waals surface area contributed by atoms with Crippen LogP contribution >= 0.6 is 60.2 Å². The highest BCUT2D eigenvalue weighted by Crippen LogP contribution is 2.52. The van der Waals surface area contributed by atoms with Crippen LogP contribution in [0.3, 0.4) is 0 Å². The second-order valence-electron chi connectivity index (χ2n) is 16.2. The van der Waals surface area contributed by atoms with Crippen LogP contribution in [0.4, 0.5) is 0 Å². The van der Waals surface area contributed by atoms with E-state index >= 15 is 0 Å². The van der Waals surface area contributed by atoms with Gasteiger partial charge in [-0.2, -0.15) is 0 Å². The molecule has 28 heteroatoms. The molecule has 7 aliphatic heterocycles. The fourth-order valence-electron chi connectivity index (χ4n) is 5.46. The van der Waals surface area contributed by atoms with Gasteiger partial charge >= 0.3 is 60.2 Å². The Morgan fingerprint density at radius 1 is 0.254 bits per heavy atom. The molecule has 7 fully saturated rings. The molecule has 0 radical (unpaired) electrons. The standard InChI is InChI=1S/3C7H15O3P.3C6H13O3P.C4H9O3P/c3*1-4-8-11-9-6(2)5-7(3)10-11;3*1-4-7-10-8-5(2)6(3)9-10;1-2-5-8-6-3-4-7-8/h3*6-7H,4-5H2,1-3H3;3*5-6H,4H2,1-3H3;2-4H2,1H3/t2*6-,7-;;2*5-,6-;;/m10.10../s1. The van der Waals surface area contributed by atoms with E-state index in [2.05, 4.69) is 0 Å². The van der Waals surface area contributed by atoms with Crippen molar-refractivity contribution in [2.45, 2.75) is 224 Å². The van der Waals surface area contributed by atoms with Crippen LogP contribution in [0.25, 0.3) is 0 Å². The zero-order chi connectivity index (χ0) is 53.3. The van der Waals surface area contributed by atoms with Gasteiger partial charge < -0.3 is 95.0 Å². The third-order valence-corrected chi connectivity index (χ3v) is 19.5. The monoisotopic (exact) mass is 1160 g/mol. The molecule has 0 amide bonds. The topological polar surface area (TPSA) is 194 Å². The summed E-state index contributed by atoms with van der Waals surface area (Å²) in [6.45, 7) is 43.8. The van der Waals surface area contributed by atoms with Gasteiger partial charge in [0.25, 0.3) is 0 Å². The van der Waals surface area contributed by atoms with Crippen molar-refractivity contribution < 1.29 is 95.0 Å². The highest BCUT2D eigenvalue weighted by atomic mass is 31.2. The molecule has 0 spiro atoms. The lowest BCUT2D eigenvalue weighted by Crippen LogP contribution is -2.22. The first kappa shape index (κ1) is 71.2. The molecule has 0 aromatic carbocycles. The highest BCUT2D eigenvalue weighted by Gasteiger charge is 2.34. The average Bonchev–Trinajstić information content (AvgIpc) is 4.07. The first-order chi connectivity index (χ1) is 33.8. The molecule has 0 N–H and O–H groups in total. The third-order valence-electron chi connectivity index (χ3n) is 9.20. The quantitative estimate of drug-likeness (QED) is 0.149. The van der Waals surface area contributed by atoms with Gasteiger partial charge in [0, 0.05) is 19.3 Å². The van der Waals surface area contributed by atoms with E-state index in [0.29, 0.717) is 59.5 Å². The van der Waals surface area contributed by atoms with Crippen molar-refractivity contribution in [2.24, 2.45) is 0 Å². The highest BCUT2D eigenvalue weighted by molar-refractivity contribution is 7.43. The lowest BCUT2D eigenvalue weighted by molar-refractivity contribution is 0.0332. The van der Waals surface area contributed by atoms with Crippen molar-refractivity contribution >= 4 is 60.2 Å². The Labute approximate surface area is 437 Å². The van der Waals surface area contributed by atoms with Crippen LogP contribution in [0.15, 0.2) is 0 Å².